The zero-order chi connectivity index (χ0) is 8.97. The van der Waals surface area contributed by atoms with Crippen LogP contribution in [0.5, 0.6) is 0 Å². The summed E-state index contributed by atoms with van der Waals surface area (Å²) in [6, 6.07) is 9.05. The van der Waals surface area contributed by atoms with Crippen molar-refractivity contribution in [2.45, 2.75) is 26.3 Å². The lowest BCUT2D eigenvalue weighted by Gasteiger charge is -2.14. The summed E-state index contributed by atoms with van der Waals surface area (Å²) in [6.45, 7) is 4.38. The first-order valence-electron chi connectivity index (χ1n) is 4.54. The summed E-state index contributed by atoms with van der Waals surface area (Å²) in [6.07, 6.45) is 1.11. The van der Waals surface area contributed by atoms with Gasteiger partial charge in [-0.1, -0.05) is 31.2 Å². The van der Waals surface area contributed by atoms with Crippen molar-refractivity contribution in [1.82, 2.24) is 5.32 Å². The quantitative estimate of drug-likeness (QED) is 0.722. The lowest BCUT2D eigenvalue weighted by Crippen LogP contribution is -2.13. The van der Waals surface area contributed by atoms with Gasteiger partial charge in [0.1, 0.15) is 0 Å². The first-order chi connectivity index (χ1) is 5.79. The molecule has 0 aliphatic heterocycles. The van der Waals surface area contributed by atoms with Gasteiger partial charge < -0.3 is 5.32 Å². The maximum atomic E-state index is 3.26. The van der Waals surface area contributed by atoms with E-state index in [1.807, 2.05) is 7.05 Å². The first-order valence-corrected chi connectivity index (χ1v) is 4.54. The molecule has 0 radical (unpaired) electrons. The zero-order valence-electron chi connectivity index (χ0n) is 8.09. The fourth-order valence-electron chi connectivity index (χ4n) is 1.43. The van der Waals surface area contributed by atoms with E-state index in [0.717, 1.165) is 6.42 Å². The molecule has 1 aromatic carbocycles. The molecule has 1 heteroatoms. The van der Waals surface area contributed by atoms with Crippen LogP contribution in [-0.2, 0) is 6.42 Å². The molecule has 0 bridgehead atoms. The molecule has 1 atom stereocenters. The molecule has 0 amide bonds. The summed E-state index contributed by atoms with van der Waals surface area (Å²) >= 11 is 0. The van der Waals surface area contributed by atoms with Crippen molar-refractivity contribution in [2.75, 3.05) is 7.05 Å². The summed E-state index contributed by atoms with van der Waals surface area (Å²) in [5.41, 5.74) is 2.86. The van der Waals surface area contributed by atoms with Crippen molar-refractivity contribution in [1.29, 1.82) is 0 Å². The van der Waals surface area contributed by atoms with Crippen molar-refractivity contribution < 1.29 is 0 Å². The minimum absolute atomic E-state index is 0.459. The zero-order valence-corrected chi connectivity index (χ0v) is 8.09. The monoisotopic (exact) mass is 163 g/mol. The van der Waals surface area contributed by atoms with Crippen molar-refractivity contribution in [3.8, 4) is 0 Å². The van der Waals surface area contributed by atoms with Crippen LogP contribution in [0, 0.1) is 0 Å². The third kappa shape index (κ3) is 1.86. The van der Waals surface area contributed by atoms with Crippen molar-refractivity contribution in [3.05, 3.63) is 35.4 Å². The summed E-state index contributed by atoms with van der Waals surface area (Å²) in [4.78, 5) is 0. The lowest BCUT2D eigenvalue weighted by atomic mass is 10.00. The summed E-state index contributed by atoms with van der Waals surface area (Å²) in [5, 5.41) is 3.26. The molecule has 1 aromatic rings. The molecule has 0 saturated heterocycles. The predicted molar refractivity (Wildman–Crippen MR) is 53.3 cm³/mol. The van der Waals surface area contributed by atoms with E-state index in [2.05, 4.69) is 43.4 Å². The first kappa shape index (κ1) is 9.27. The van der Waals surface area contributed by atoms with Crippen LogP contribution in [0.2, 0.25) is 0 Å². The number of aryl methyl sites for hydroxylation is 1. The van der Waals surface area contributed by atoms with Crippen LogP contribution in [0.15, 0.2) is 24.3 Å². The molecule has 0 aliphatic carbocycles. The molecule has 0 aliphatic rings. The normalized spacial score (nSPS) is 12.9. The molecule has 1 rings (SSSR count). The Morgan fingerprint density at radius 1 is 1.33 bits per heavy atom. The van der Waals surface area contributed by atoms with Gasteiger partial charge >= 0.3 is 0 Å². The van der Waals surface area contributed by atoms with Gasteiger partial charge in [0.05, 0.1) is 0 Å². The summed E-state index contributed by atoms with van der Waals surface area (Å²) < 4.78 is 0. The molecule has 12 heavy (non-hydrogen) atoms. The van der Waals surface area contributed by atoms with Gasteiger partial charge in [0.25, 0.3) is 0 Å². The van der Waals surface area contributed by atoms with Crippen LogP contribution in [-0.4, -0.2) is 7.05 Å². The number of benzene rings is 1. The van der Waals surface area contributed by atoms with Gasteiger partial charge in [-0.05, 0) is 31.5 Å². The number of nitrogens with one attached hydrogen (secondary N) is 1. The van der Waals surface area contributed by atoms with Crippen LogP contribution >= 0.6 is 0 Å². The van der Waals surface area contributed by atoms with Crippen LogP contribution in [0.4, 0.5) is 0 Å². The van der Waals surface area contributed by atoms with Crippen LogP contribution in [0.25, 0.3) is 0 Å². The third-order valence-corrected chi connectivity index (χ3v) is 2.34. The number of hydrogen-bond donors (Lipinski definition) is 1. The fourth-order valence-corrected chi connectivity index (χ4v) is 1.43. The van der Waals surface area contributed by atoms with Crippen LogP contribution < -0.4 is 5.32 Å². The molecule has 0 spiro atoms. The number of rotatable bonds is 3. The smallest absolute Gasteiger partial charge is 0.0291 e. The average Bonchev–Trinajstić information content (AvgIpc) is 2.16. The highest BCUT2D eigenvalue weighted by Gasteiger charge is 2.05. The predicted octanol–water partition coefficient (Wildman–Crippen LogP) is 2.53. The largest absolute Gasteiger partial charge is 0.313 e. The van der Waals surface area contributed by atoms with E-state index in [1.165, 1.54) is 11.1 Å². The SMILES string of the molecule is CCc1ccccc1[C@@H](C)NC. The van der Waals surface area contributed by atoms with E-state index < -0.39 is 0 Å². The van der Waals surface area contributed by atoms with Gasteiger partial charge in [0.15, 0.2) is 0 Å². The molecular weight excluding hydrogens is 146 g/mol. The fraction of sp³-hybridized carbons (Fsp3) is 0.455. The Bertz CT molecular complexity index is 243. The second kappa shape index (κ2) is 4.27. The summed E-state index contributed by atoms with van der Waals surface area (Å²) in [7, 11) is 2.00. The van der Waals surface area contributed by atoms with Crippen molar-refractivity contribution in [2.24, 2.45) is 0 Å². The van der Waals surface area contributed by atoms with Gasteiger partial charge in [0, 0.05) is 6.04 Å². The Hall–Kier alpha value is -0.820. The lowest BCUT2D eigenvalue weighted by molar-refractivity contribution is 0.645. The van der Waals surface area contributed by atoms with Gasteiger partial charge in [-0.15, -0.1) is 0 Å². The van der Waals surface area contributed by atoms with E-state index in [-0.39, 0.29) is 0 Å². The minimum atomic E-state index is 0.459. The molecule has 1 N–H and O–H groups in total. The van der Waals surface area contributed by atoms with E-state index >= 15 is 0 Å². The molecular formula is C11H17N. The Morgan fingerprint density at radius 2 is 2.00 bits per heavy atom. The standard InChI is InChI=1S/C11H17N/c1-4-10-7-5-6-8-11(10)9(2)12-3/h5-9,12H,4H2,1-3H3/t9-/m1/s1. The van der Waals surface area contributed by atoms with Crippen molar-refractivity contribution in [3.63, 3.8) is 0 Å². The maximum absolute atomic E-state index is 3.26. The molecule has 0 unspecified atom stereocenters. The second-order valence-electron chi connectivity index (χ2n) is 3.06. The van der Waals surface area contributed by atoms with E-state index in [4.69, 9.17) is 0 Å². The Labute approximate surface area is 74.8 Å². The van der Waals surface area contributed by atoms with E-state index in [1.54, 1.807) is 0 Å². The second-order valence-corrected chi connectivity index (χ2v) is 3.06. The van der Waals surface area contributed by atoms with Crippen LogP contribution in [0.3, 0.4) is 0 Å². The third-order valence-electron chi connectivity index (χ3n) is 2.34. The van der Waals surface area contributed by atoms with Gasteiger partial charge in [-0.2, -0.15) is 0 Å². The van der Waals surface area contributed by atoms with E-state index in [9.17, 15) is 0 Å². The Kier molecular flexibility index (Phi) is 3.30. The molecule has 0 saturated carbocycles. The van der Waals surface area contributed by atoms with Crippen molar-refractivity contribution >= 4 is 0 Å². The number of hydrogen-bond acceptors (Lipinski definition) is 1. The average molecular weight is 163 g/mol. The van der Waals surface area contributed by atoms with Crippen LogP contribution in [0.1, 0.15) is 31.0 Å². The summed E-state index contributed by atoms with van der Waals surface area (Å²) in [5.74, 6) is 0. The Morgan fingerprint density at radius 3 is 2.58 bits per heavy atom. The Balaban J connectivity index is 2.96. The van der Waals surface area contributed by atoms with E-state index in [0.29, 0.717) is 6.04 Å². The topological polar surface area (TPSA) is 12.0 Å². The maximum Gasteiger partial charge on any atom is 0.0291 e. The highest BCUT2D eigenvalue weighted by Crippen LogP contribution is 2.17. The molecule has 0 heterocycles. The highest BCUT2D eigenvalue weighted by atomic mass is 14.9. The molecule has 66 valence electrons. The minimum Gasteiger partial charge on any atom is -0.313 e. The van der Waals surface area contributed by atoms with Gasteiger partial charge in [0.2, 0.25) is 0 Å². The highest BCUT2D eigenvalue weighted by molar-refractivity contribution is 5.29. The van der Waals surface area contributed by atoms with Gasteiger partial charge in [-0.25, -0.2) is 0 Å². The molecule has 0 fully saturated rings. The van der Waals surface area contributed by atoms with Gasteiger partial charge in [-0.3, -0.25) is 0 Å². The molecule has 0 aromatic heterocycles. The molecule has 1 nitrogen and oxygen atoms in total.